The molecule has 90 valence electrons. The van der Waals surface area contributed by atoms with Gasteiger partial charge in [0, 0.05) is 9.80 Å². The molecule has 0 aliphatic rings. The quantitative estimate of drug-likeness (QED) is 0.660. The van der Waals surface area contributed by atoms with E-state index >= 15 is 0 Å². The van der Waals surface area contributed by atoms with Crippen molar-refractivity contribution in [3.63, 3.8) is 0 Å². The Morgan fingerprint density at radius 2 is 2.06 bits per heavy atom. The maximum Gasteiger partial charge on any atom is 0.123 e. The lowest BCUT2D eigenvalue weighted by molar-refractivity contribution is 0.280. The first kappa shape index (κ1) is 14.0. The van der Waals surface area contributed by atoms with Crippen LogP contribution in [0.5, 0.6) is 5.75 Å². The molecule has 0 saturated carbocycles. The topological polar surface area (TPSA) is 9.23 Å². The molecule has 0 radical (unpaired) electrons. The highest BCUT2D eigenvalue weighted by molar-refractivity contribution is 9.10. The second kappa shape index (κ2) is 7.33. The third-order valence-electron chi connectivity index (χ3n) is 2.62. The van der Waals surface area contributed by atoms with E-state index in [4.69, 9.17) is 4.74 Å². The summed E-state index contributed by atoms with van der Waals surface area (Å²) in [5, 5.41) is 1.07. The molecule has 1 aromatic rings. The Morgan fingerprint density at radius 1 is 1.31 bits per heavy atom. The van der Waals surface area contributed by atoms with Gasteiger partial charge in [-0.2, -0.15) is 0 Å². The van der Waals surface area contributed by atoms with Crippen molar-refractivity contribution < 1.29 is 4.74 Å². The fourth-order valence-electron chi connectivity index (χ4n) is 1.43. The summed E-state index contributed by atoms with van der Waals surface area (Å²) in [4.78, 5) is 0. The number of rotatable bonds is 6. The molecule has 0 saturated heterocycles. The first-order valence-electron chi connectivity index (χ1n) is 5.58. The predicted molar refractivity (Wildman–Crippen MR) is 76.6 cm³/mol. The molecule has 0 aromatic heterocycles. The monoisotopic (exact) mass is 348 g/mol. The van der Waals surface area contributed by atoms with Crippen LogP contribution in [0.15, 0.2) is 22.7 Å². The Hall–Kier alpha value is -0.0200. The molecule has 0 spiro atoms. The minimum atomic E-state index is 0.715. The summed E-state index contributed by atoms with van der Waals surface area (Å²) in [6, 6.07) is 6.14. The molecule has 1 rings (SSSR count). The fourth-order valence-corrected chi connectivity index (χ4v) is 2.55. The van der Waals surface area contributed by atoms with Gasteiger partial charge < -0.3 is 4.74 Å². The maximum atomic E-state index is 5.79. The van der Waals surface area contributed by atoms with E-state index in [0.29, 0.717) is 5.92 Å². The molecule has 1 aromatic carbocycles. The largest absolute Gasteiger partial charge is 0.493 e. The molecule has 0 aliphatic heterocycles. The molecule has 3 heteroatoms. The van der Waals surface area contributed by atoms with Gasteiger partial charge in [0.05, 0.1) is 6.61 Å². The van der Waals surface area contributed by atoms with Gasteiger partial charge in [-0.1, -0.05) is 44.8 Å². The molecule has 0 amide bonds. The van der Waals surface area contributed by atoms with Crippen LogP contribution in [0, 0.1) is 12.8 Å². The van der Waals surface area contributed by atoms with Gasteiger partial charge in [-0.05, 0) is 43.4 Å². The summed E-state index contributed by atoms with van der Waals surface area (Å²) < 4.78 is 6.86. The molecule has 1 nitrogen and oxygen atoms in total. The second-order valence-corrected chi connectivity index (χ2v) is 5.84. The van der Waals surface area contributed by atoms with E-state index < -0.39 is 0 Å². The van der Waals surface area contributed by atoms with Crippen molar-refractivity contribution >= 4 is 31.9 Å². The first-order chi connectivity index (χ1) is 7.63. The van der Waals surface area contributed by atoms with Gasteiger partial charge in [-0.15, -0.1) is 0 Å². The van der Waals surface area contributed by atoms with Gasteiger partial charge in [0.25, 0.3) is 0 Å². The smallest absolute Gasteiger partial charge is 0.123 e. The van der Waals surface area contributed by atoms with Crippen molar-refractivity contribution in [2.45, 2.75) is 26.7 Å². The number of benzene rings is 1. The van der Waals surface area contributed by atoms with E-state index in [2.05, 4.69) is 51.8 Å². The highest BCUT2D eigenvalue weighted by Crippen LogP contribution is 2.23. The third kappa shape index (κ3) is 4.88. The van der Waals surface area contributed by atoms with Crippen LogP contribution >= 0.6 is 31.9 Å². The molecule has 16 heavy (non-hydrogen) atoms. The van der Waals surface area contributed by atoms with Crippen LogP contribution in [0.25, 0.3) is 0 Å². The zero-order valence-corrected chi connectivity index (χ0v) is 13.0. The van der Waals surface area contributed by atoms with E-state index in [-0.39, 0.29) is 0 Å². The molecule has 0 heterocycles. The van der Waals surface area contributed by atoms with Gasteiger partial charge in [0.15, 0.2) is 0 Å². The number of hydrogen-bond acceptors (Lipinski definition) is 1. The van der Waals surface area contributed by atoms with E-state index in [1.165, 1.54) is 12.0 Å². The summed E-state index contributed by atoms with van der Waals surface area (Å²) in [6.45, 7) is 5.13. The number of ether oxygens (including phenoxy) is 1. The number of aryl methyl sites for hydroxylation is 1. The van der Waals surface area contributed by atoms with Crippen LogP contribution in [0.4, 0.5) is 0 Å². The standard InChI is InChI=1S/C13H18Br2O/c1-10(5-7-14)6-8-16-13-9-12(15)4-3-11(13)2/h3-4,9-10H,5-8H2,1-2H3. The molecular weight excluding hydrogens is 332 g/mol. The lowest BCUT2D eigenvalue weighted by Crippen LogP contribution is -2.05. The normalized spacial score (nSPS) is 12.5. The Labute approximate surface area is 115 Å². The van der Waals surface area contributed by atoms with Gasteiger partial charge in [-0.25, -0.2) is 0 Å². The van der Waals surface area contributed by atoms with Crippen LogP contribution in [0.2, 0.25) is 0 Å². The minimum Gasteiger partial charge on any atom is -0.493 e. The lowest BCUT2D eigenvalue weighted by Gasteiger charge is -2.12. The Kier molecular flexibility index (Phi) is 6.44. The number of halogens is 2. The van der Waals surface area contributed by atoms with Crippen LogP contribution in [0.1, 0.15) is 25.3 Å². The van der Waals surface area contributed by atoms with Crippen molar-refractivity contribution in [3.05, 3.63) is 28.2 Å². The fraction of sp³-hybridized carbons (Fsp3) is 0.538. The van der Waals surface area contributed by atoms with Crippen molar-refractivity contribution in [1.29, 1.82) is 0 Å². The third-order valence-corrected chi connectivity index (χ3v) is 3.57. The summed E-state index contributed by atoms with van der Waals surface area (Å²) in [7, 11) is 0. The Bertz CT molecular complexity index is 326. The predicted octanol–water partition coefficient (Wildman–Crippen LogP) is 4.95. The molecule has 0 fully saturated rings. The Morgan fingerprint density at radius 3 is 2.75 bits per heavy atom. The van der Waals surface area contributed by atoms with Crippen LogP contribution in [0.3, 0.4) is 0 Å². The van der Waals surface area contributed by atoms with Crippen molar-refractivity contribution in [1.82, 2.24) is 0 Å². The SMILES string of the molecule is Cc1ccc(Br)cc1OCCC(C)CCBr. The molecule has 1 unspecified atom stereocenters. The zero-order chi connectivity index (χ0) is 12.0. The van der Waals surface area contributed by atoms with Gasteiger partial charge in [0.2, 0.25) is 0 Å². The van der Waals surface area contributed by atoms with Crippen molar-refractivity contribution in [2.75, 3.05) is 11.9 Å². The average Bonchev–Trinajstić information content (AvgIpc) is 2.23. The summed E-state index contributed by atoms with van der Waals surface area (Å²) >= 11 is 6.92. The van der Waals surface area contributed by atoms with Crippen molar-refractivity contribution in [2.24, 2.45) is 5.92 Å². The van der Waals surface area contributed by atoms with E-state index in [9.17, 15) is 0 Å². The zero-order valence-electron chi connectivity index (χ0n) is 9.80. The maximum absolute atomic E-state index is 5.79. The number of hydrogen-bond donors (Lipinski definition) is 0. The second-order valence-electron chi connectivity index (χ2n) is 4.13. The van der Waals surface area contributed by atoms with E-state index in [1.54, 1.807) is 0 Å². The summed E-state index contributed by atoms with van der Waals surface area (Å²) in [5.74, 6) is 1.70. The summed E-state index contributed by atoms with van der Waals surface area (Å²) in [6.07, 6.45) is 2.32. The highest BCUT2D eigenvalue weighted by atomic mass is 79.9. The minimum absolute atomic E-state index is 0.715. The highest BCUT2D eigenvalue weighted by Gasteiger charge is 2.03. The molecule has 0 N–H and O–H groups in total. The average molecular weight is 350 g/mol. The van der Waals surface area contributed by atoms with Crippen LogP contribution in [-0.4, -0.2) is 11.9 Å². The van der Waals surface area contributed by atoms with E-state index in [1.807, 2.05) is 12.1 Å². The lowest BCUT2D eigenvalue weighted by atomic mass is 10.1. The Balaban J connectivity index is 2.39. The van der Waals surface area contributed by atoms with Crippen molar-refractivity contribution in [3.8, 4) is 5.75 Å². The number of alkyl halides is 1. The first-order valence-corrected chi connectivity index (χ1v) is 7.50. The molecular formula is C13H18Br2O. The molecule has 0 aliphatic carbocycles. The van der Waals surface area contributed by atoms with Crippen LogP contribution in [-0.2, 0) is 0 Å². The van der Waals surface area contributed by atoms with E-state index in [0.717, 1.165) is 28.6 Å². The summed E-state index contributed by atoms with van der Waals surface area (Å²) in [5.41, 5.74) is 1.19. The van der Waals surface area contributed by atoms with Gasteiger partial charge in [0.1, 0.15) is 5.75 Å². The van der Waals surface area contributed by atoms with Gasteiger partial charge in [-0.3, -0.25) is 0 Å². The molecule has 1 atom stereocenters. The van der Waals surface area contributed by atoms with Gasteiger partial charge >= 0.3 is 0 Å². The molecule has 0 bridgehead atoms. The van der Waals surface area contributed by atoms with Crippen LogP contribution < -0.4 is 4.74 Å².